The van der Waals surface area contributed by atoms with Crippen molar-refractivity contribution in [3.05, 3.63) is 34.9 Å². The van der Waals surface area contributed by atoms with Gasteiger partial charge < -0.3 is 14.8 Å². The van der Waals surface area contributed by atoms with Crippen LogP contribution < -0.4 is 5.32 Å². The maximum Gasteiger partial charge on any atom is 0.251 e. The lowest BCUT2D eigenvalue weighted by atomic mass is 10.0. The molecule has 1 aliphatic rings. The third-order valence-electron chi connectivity index (χ3n) is 3.79. The van der Waals surface area contributed by atoms with Crippen molar-refractivity contribution in [1.29, 1.82) is 0 Å². The number of aryl methyl sites for hydroxylation is 1. The van der Waals surface area contributed by atoms with E-state index in [0.717, 1.165) is 44.0 Å². The van der Waals surface area contributed by atoms with Gasteiger partial charge in [-0.3, -0.25) is 9.69 Å². The fraction of sp³-hybridized carbons (Fsp3) is 0.588. The molecule has 1 aromatic carbocycles. The van der Waals surface area contributed by atoms with Crippen LogP contribution >= 0.6 is 0 Å². The molecule has 0 spiro atoms. The van der Waals surface area contributed by atoms with Gasteiger partial charge in [0.05, 0.1) is 19.8 Å². The standard InChI is InChI=1S/C17H26N2O3/c1-3-21-9-6-18-17(20)16-12-15(5-4-14(16)2)13-19-7-10-22-11-8-19/h4-5,12H,3,6-11,13H2,1-2H3,(H,18,20). The van der Waals surface area contributed by atoms with Crippen LogP contribution in [0.1, 0.15) is 28.4 Å². The summed E-state index contributed by atoms with van der Waals surface area (Å²) in [5, 5.41) is 2.91. The van der Waals surface area contributed by atoms with Crippen molar-refractivity contribution in [1.82, 2.24) is 10.2 Å². The highest BCUT2D eigenvalue weighted by atomic mass is 16.5. The molecule has 1 aromatic rings. The zero-order valence-electron chi connectivity index (χ0n) is 13.6. The average Bonchev–Trinajstić information content (AvgIpc) is 2.54. The van der Waals surface area contributed by atoms with Crippen LogP contribution in [0, 0.1) is 6.92 Å². The molecule has 0 unspecified atom stereocenters. The molecule has 0 aromatic heterocycles. The molecule has 0 aliphatic carbocycles. The van der Waals surface area contributed by atoms with E-state index in [1.54, 1.807) is 0 Å². The molecule has 1 aliphatic heterocycles. The third-order valence-corrected chi connectivity index (χ3v) is 3.79. The number of rotatable bonds is 7. The minimum absolute atomic E-state index is 0.0268. The fourth-order valence-corrected chi connectivity index (χ4v) is 2.51. The number of carbonyl (C=O) groups excluding carboxylic acids is 1. The molecule has 0 radical (unpaired) electrons. The lowest BCUT2D eigenvalue weighted by Gasteiger charge is -2.26. The maximum atomic E-state index is 12.3. The van der Waals surface area contributed by atoms with Crippen molar-refractivity contribution in [2.45, 2.75) is 20.4 Å². The second kappa shape index (κ2) is 8.88. The van der Waals surface area contributed by atoms with E-state index in [2.05, 4.69) is 16.3 Å². The van der Waals surface area contributed by atoms with Gasteiger partial charge in [-0.1, -0.05) is 12.1 Å². The Labute approximate surface area is 132 Å². The van der Waals surface area contributed by atoms with E-state index in [9.17, 15) is 4.79 Å². The van der Waals surface area contributed by atoms with Crippen LogP contribution in [0.25, 0.3) is 0 Å². The lowest BCUT2D eigenvalue weighted by Crippen LogP contribution is -2.35. The first-order valence-electron chi connectivity index (χ1n) is 7.96. The van der Waals surface area contributed by atoms with Gasteiger partial charge in [-0.15, -0.1) is 0 Å². The molecule has 1 heterocycles. The molecule has 5 nitrogen and oxygen atoms in total. The van der Waals surface area contributed by atoms with Gasteiger partial charge >= 0.3 is 0 Å². The van der Waals surface area contributed by atoms with E-state index in [1.807, 2.05) is 26.0 Å². The Balaban J connectivity index is 1.94. The molecule has 0 atom stereocenters. The molecule has 5 heteroatoms. The van der Waals surface area contributed by atoms with Gasteiger partial charge in [0.1, 0.15) is 0 Å². The molecule has 1 amide bonds. The molecule has 1 saturated heterocycles. The molecule has 22 heavy (non-hydrogen) atoms. The molecule has 1 N–H and O–H groups in total. The van der Waals surface area contributed by atoms with Gasteiger partial charge in [-0.05, 0) is 31.0 Å². The highest BCUT2D eigenvalue weighted by Gasteiger charge is 2.13. The van der Waals surface area contributed by atoms with Gasteiger partial charge in [-0.2, -0.15) is 0 Å². The first-order chi connectivity index (χ1) is 10.7. The van der Waals surface area contributed by atoms with Gasteiger partial charge in [0, 0.05) is 38.3 Å². The van der Waals surface area contributed by atoms with Crippen LogP contribution in [-0.4, -0.2) is 56.9 Å². The van der Waals surface area contributed by atoms with Gasteiger partial charge in [0.15, 0.2) is 0 Å². The Kier molecular flexibility index (Phi) is 6.83. The number of ether oxygens (including phenoxy) is 2. The minimum atomic E-state index is -0.0268. The quantitative estimate of drug-likeness (QED) is 0.777. The maximum absolute atomic E-state index is 12.3. The number of amides is 1. The largest absolute Gasteiger partial charge is 0.380 e. The molecular weight excluding hydrogens is 280 g/mol. The highest BCUT2D eigenvalue weighted by Crippen LogP contribution is 2.14. The number of hydrogen-bond acceptors (Lipinski definition) is 4. The summed E-state index contributed by atoms with van der Waals surface area (Å²) < 4.78 is 10.6. The smallest absolute Gasteiger partial charge is 0.251 e. The lowest BCUT2D eigenvalue weighted by molar-refractivity contribution is 0.0342. The summed E-state index contributed by atoms with van der Waals surface area (Å²) in [6.45, 7) is 10.0. The van der Waals surface area contributed by atoms with Gasteiger partial charge in [0.25, 0.3) is 5.91 Å². The summed E-state index contributed by atoms with van der Waals surface area (Å²) in [4.78, 5) is 14.6. The van der Waals surface area contributed by atoms with Crippen LogP contribution in [-0.2, 0) is 16.0 Å². The topological polar surface area (TPSA) is 50.8 Å². The number of benzene rings is 1. The predicted molar refractivity (Wildman–Crippen MR) is 86.1 cm³/mol. The SMILES string of the molecule is CCOCCNC(=O)c1cc(CN2CCOCC2)ccc1C. The van der Waals surface area contributed by atoms with E-state index < -0.39 is 0 Å². The Morgan fingerprint density at radius 3 is 2.86 bits per heavy atom. The van der Waals surface area contributed by atoms with E-state index in [4.69, 9.17) is 9.47 Å². The Morgan fingerprint density at radius 2 is 2.14 bits per heavy atom. The van der Waals surface area contributed by atoms with E-state index >= 15 is 0 Å². The Bertz CT molecular complexity index is 485. The average molecular weight is 306 g/mol. The summed E-state index contributed by atoms with van der Waals surface area (Å²) >= 11 is 0. The van der Waals surface area contributed by atoms with Crippen molar-refractivity contribution in [2.24, 2.45) is 0 Å². The Morgan fingerprint density at radius 1 is 1.36 bits per heavy atom. The van der Waals surface area contributed by atoms with Crippen molar-refractivity contribution < 1.29 is 14.3 Å². The summed E-state index contributed by atoms with van der Waals surface area (Å²) in [6, 6.07) is 6.12. The van der Waals surface area contributed by atoms with Crippen LogP contribution in [0.5, 0.6) is 0 Å². The van der Waals surface area contributed by atoms with Crippen LogP contribution in [0.2, 0.25) is 0 Å². The normalized spacial score (nSPS) is 15.7. The second-order valence-corrected chi connectivity index (χ2v) is 5.49. The number of nitrogens with zero attached hydrogens (tertiary/aromatic N) is 1. The zero-order chi connectivity index (χ0) is 15.8. The first-order valence-corrected chi connectivity index (χ1v) is 7.96. The van der Waals surface area contributed by atoms with Crippen molar-refractivity contribution >= 4 is 5.91 Å². The molecule has 1 fully saturated rings. The molecule has 2 rings (SSSR count). The van der Waals surface area contributed by atoms with E-state index in [-0.39, 0.29) is 5.91 Å². The van der Waals surface area contributed by atoms with Crippen LogP contribution in [0.4, 0.5) is 0 Å². The summed E-state index contributed by atoms with van der Waals surface area (Å²) in [5.41, 5.74) is 2.92. The zero-order valence-corrected chi connectivity index (χ0v) is 13.6. The number of carbonyl (C=O) groups is 1. The van der Waals surface area contributed by atoms with Gasteiger partial charge in [-0.25, -0.2) is 0 Å². The molecule has 0 saturated carbocycles. The number of hydrogen-bond donors (Lipinski definition) is 1. The monoisotopic (exact) mass is 306 g/mol. The van der Waals surface area contributed by atoms with E-state index in [1.165, 1.54) is 5.56 Å². The third kappa shape index (κ3) is 5.09. The predicted octanol–water partition coefficient (Wildman–Crippen LogP) is 1.59. The van der Waals surface area contributed by atoms with Crippen molar-refractivity contribution in [2.75, 3.05) is 46.1 Å². The highest BCUT2D eigenvalue weighted by molar-refractivity contribution is 5.95. The number of nitrogens with one attached hydrogen (secondary N) is 1. The summed E-state index contributed by atoms with van der Waals surface area (Å²) in [5.74, 6) is -0.0268. The van der Waals surface area contributed by atoms with Crippen LogP contribution in [0.3, 0.4) is 0 Å². The second-order valence-electron chi connectivity index (χ2n) is 5.49. The molecule has 0 bridgehead atoms. The number of morpholine rings is 1. The first kappa shape index (κ1) is 16.9. The molecular formula is C17H26N2O3. The van der Waals surface area contributed by atoms with E-state index in [0.29, 0.717) is 19.8 Å². The fourth-order valence-electron chi connectivity index (χ4n) is 2.51. The summed E-state index contributed by atoms with van der Waals surface area (Å²) in [6.07, 6.45) is 0. The Hall–Kier alpha value is -1.43. The van der Waals surface area contributed by atoms with Crippen molar-refractivity contribution in [3.63, 3.8) is 0 Å². The summed E-state index contributed by atoms with van der Waals surface area (Å²) in [7, 11) is 0. The molecule has 122 valence electrons. The van der Waals surface area contributed by atoms with Crippen molar-refractivity contribution in [3.8, 4) is 0 Å². The van der Waals surface area contributed by atoms with Crippen LogP contribution in [0.15, 0.2) is 18.2 Å². The van der Waals surface area contributed by atoms with Gasteiger partial charge in [0.2, 0.25) is 0 Å². The minimum Gasteiger partial charge on any atom is -0.380 e.